The highest BCUT2D eigenvalue weighted by Crippen LogP contribution is 2.19. The third-order valence-electron chi connectivity index (χ3n) is 1.47. The third kappa shape index (κ3) is 1.96. The Hall–Kier alpha value is -1.14. The van der Waals surface area contributed by atoms with E-state index in [1.807, 2.05) is 0 Å². The van der Waals surface area contributed by atoms with Gasteiger partial charge in [-0.3, -0.25) is 0 Å². The SMILES string of the molecule is CC1(C)OC(=O)C(O)C(O)C(=O)O1. The smallest absolute Gasteiger partial charge is 0.341 e. The molecule has 0 bridgehead atoms. The first-order chi connectivity index (χ1) is 5.83. The van der Waals surface area contributed by atoms with Gasteiger partial charge >= 0.3 is 11.9 Å². The number of cyclic esters (lactones) is 2. The zero-order valence-electron chi connectivity index (χ0n) is 7.18. The van der Waals surface area contributed by atoms with E-state index in [4.69, 9.17) is 10.2 Å². The van der Waals surface area contributed by atoms with Crippen LogP contribution in [0.15, 0.2) is 0 Å². The summed E-state index contributed by atoms with van der Waals surface area (Å²) in [4.78, 5) is 21.8. The van der Waals surface area contributed by atoms with E-state index in [2.05, 4.69) is 9.47 Å². The highest BCUT2D eigenvalue weighted by Gasteiger charge is 2.43. The van der Waals surface area contributed by atoms with Gasteiger partial charge in [-0.15, -0.1) is 0 Å². The molecule has 13 heavy (non-hydrogen) atoms. The highest BCUT2D eigenvalue weighted by molar-refractivity contribution is 5.86. The summed E-state index contributed by atoms with van der Waals surface area (Å²) in [6.45, 7) is 2.65. The summed E-state index contributed by atoms with van der Waals surface area (Å²) in [6, 6.07) is 0. The van der Waals surface area contributed by atoms with Crippen LogP contribution >= 0.6 is 0 Å². The minimum absolute atomic E-state index is 1.08. The largest absolute Gasteiger partial charge is 0.421 e. The molecule has 1 fully saturated rings. The van der Waals surface area contributed by atoms with Crippen molar-refractivity contribution < 1.29 is 29.3 Å². The third-order valence-corrected chi connectivity index (χ3v) is 1.47. The van der Waals surface area contributed by atoms with Crippen LogP contribution in [0.2, 0.25) is 0 Å². The van der Waals surface area contributed by atoms with Crippen molar-refractivity contribution in [3.63, 3.8) is 0 Å². The van der Waals surface area contributed by atoms with E-state index in [-0.39, 0.29) is 0 Å². The van der Waals surface area contributed by atoms with E-state index in [1.165, 1.54) is 13.8 Å². The maximum absolute atomic E-state index is 10.9. The Morgan fingerprint density at radius 1 is 1.08 bits per heavy atom. The molecule has 6 heteroatoms. The van der Waals surface area contributed by atoms with Crippen LogP contribution in [0.25, 0.3) is 0 Å². The van der Waals surface area contributed by atoms with Crippen LogP contribution in [0, 0.1) is 0 Å². The van der Waals surface area contributed by atoms with Crippen LogP contribution in [0.4, 0.5) is 0 Å². The summed E-state index contributed by atoms with van der Waals surface area (Å²) in [5.41, 5.74) is 0. The first kappa shape index (κ1) is 9.94. The van der Waals surface area contributed by atoms with Crippen molar-refractivity contribution in [2.75, 3.05) is 0 Å². The number of ether oxygens (including phenoxy) is 2. The van der Waals surface area contributed by atoms with Crippen molar-refractivity contribution in [1.82, 2.24) is 0 Å². The minimum Gasteiger partial charge on any atom is -0.421 e. The maximum atomic E-state index is 10.9. The van der Waals surface area contributed by atoms with Gasteiger partial charge < -0.3 is 19.7 Å². The lowest BCUT2D eigenvalue weighted by Gasteiger charge is -2.21. The van der Waals surface area contributed by atoms with E-state index >= 15 is 0 Å². The molecular weight excluding hydrogens is 180 g/mol. The molecule has 2 N–H and O–H groups in total. The summed E-state index contributed by atoms with van der Waals surface area (Å²) in [5, 5.41) is 18.0. The van der Waals surface area contributed by atoms with Gasteiger partial charge in [0, 0.05) is 13.8 Å². The molecule has 1 heterocycles. The molecule has 1 aliphatic rings. The van der Waals surface area contributed by atoms with E-state index < -0.39 is 29.9 Å². The maximum Gasteiger partial charge on any atom is 0.341 e. The number of carbonyl (C=O) groups is 2. The number of esters is 2. The van der Waals surface area contributed by atoms with Crippen molar-refractivity contribution in [3.8, 4) is 0 Å². The molecule has 0 saturated carbocycles. The van der Waals surface area contributed by atoms with Crippen molar-refractivity contribution in [3.05, 3.63) is 0 Å². The van der Waals surface area contributed by atoms with Crippen molar-refractivity contribution in [2.24, 2.45) is 0 Å². The Labute approximate surface area is 74.1 Å². The Kier molecular flexibility index (Phi) is 2.27. The van der Waals surface area contributed by atoms with Gasteiger partial charge in [-0.05, 0) is 0 Å². The molecule has 6 nitrogen and oxygen atoms in total. The normalized spacial score (nSPS) is 33.2. The fourth-order valence-corrected chi connectivity index (χ4v) is 0.884. The number of hydrogen-bond donors (Lipinski definition) is 2. The number of rotatable bonds is 0. The van der Waals surface area contributed by atoms with Gasteiger partial charge in [0.15, 0.2) is 12.2 Å². The Morgan fingerprint density at radius 2 is 1.38 bits per heavy atom. The summed E-state index contributed by atoms with van der Waals surface area (Å²) < 4.78 is 9.12. The molecule has 1 saturated heterocycles. The quantitative estimate of drug-likeness (QED) is 0.454. The molecule has 0 spiro atoms. The monoisotopic (exact) mass is 190 g/mol. The molecule has 0 amide bonds. The number of aliphatic hydroxyl groups is 2. The zero-order valence-corrected chi connectivity index (χ0v) is 7.18. The number of hydrogen-bond acceptors (Lipinski definition) is 6. The Morgan fingerprint density at radius 3 is 1.69 bits per heavy atom. The van der Waals surface area contributed by atoms with E-state index in [0.717, 1.165) is 0 Å². The average Bonchev–Trinajstić information content (AvgIpc) is 2.03. The van der Waals surface area contributed by atoms with E-state index in [1.54, 1.807) is 0 Å². The Balaban J connectivity index is 2.92. The number of aliphatic hydroxyl groups excluding tert-OH is 2. The first-order valence-corrected chi connectivity index (χ1v) is 3.65. The van der Waals surface area contributed by atoms with Gasteiger partial charge in [0.1, 0.15) is 0 Å². The van der Waals surface area contributed by atoms with Gasteiger partial charge in [-0.25, -0.2) is 9.59 Å². The van der Waals surface area contributed by atoms with E-state index in [9.17, 15) is 9.59 Å². The second-order valence-electron chi connectivity index (χ2n) is 3.13. The predicted octanol–water partition coefficient (Wildman–Crippen LogP) is -1.46. The molecule has 1 rings (SSSR count). The fourth-order valence-electron chi connectivity index (χ4n) is 0.884. The first-order valence-electron chi connectivity index (χ1n) is 3.65. The molecule has 0 aromatic rings. The molecule has 0 aromatic carbocycles. The number of carbonyl (C=O) groups excluding carboxylic acids is 2. The van der Waals surface area contributed by atoms with Crippen molar-refractivity contribution in [2.45, 2.75) is 31.8 Å². The van der Waals surface area contributed by atoms with Crippen LogP contribution in [0.5, 0.6) is 0 Å². The molecule has 2 unspecified atom stereocenters. The van der Waals surface area contributed by atoms with Gasteiger partial charge in [-0.1, -0.05) is 0 Å². The summed E-state index contributed by atoms with van der Waals surface area (Å²) in [5.74, 6) is -3.61. The Bertz CT molecular complexity index is 221. The van der Waals surface area contributed by atoms with Gasteiger partial charge in [-0.2, -0.15) is 0 Å². The molecule has 74 valence electrons. The summed E-state index contributed by atoms with van der Waals surface area (Å²) in [7, 11) is 0. The lowest BCUT2D eigenvalue weighted by atomic mass is 10.2. The highest BCUT2D eigenvalue weighted by atomic mass is 16.7. The van der Waals surface area contributed by atoms with Crippen LogP contribution in [0.3, 0.4) is 0 Å². The van der Waals surface area contributed by atoms with Crippen molar-refractivity contribution in [1.29, 1.82) is 0 Å². The zero-order chi connectivity index (χ0) is 10.2. The van der Waals surface area contributed by atoms with Crippen molar-refractivity contribution >= 4 is 11.9 Å². The van der Waals surface area contributed by atoms with Gasteiger partial charge in [0.05, 0.1) is 0 Å². The fraction of sp³-hybridized carbons (Fsp3) is 0.714. The second-order valence-corrected chi connectivity index (χ2v) is 3.13. The molecular formula is C7H10O6. The van der Waals surface area contributed by atoms with Crippen LogP contribution in [-0.4, -0.2) is 40.1 Å². The molecule has 1 aliphatic heterocycles. The molecule has 0 radical (unpaired) electrons. The summed E-state index contributed by atoms with van der Waals surface area (Å²) >= 11 is 0. The van der Waals surface area contributed by atoms with Crippen LogP contribution in [-0.2, 0) is 19.1 Å². The van der Waals surface area contributed by atoms with Gasteiger partial charge in [0.2, 0.25) is 0 Å². The molecule has 0 aliphatic carbocycles. The standard InChI is InChI=1S/C7H10O6/c1-7(2)12-5(10)3(8)4(9)6(11)13-7/h3-4,8-9H,1-2H3. The average molecular weight is 190 g/mol. The van der Waals surface area contributed by atoms with Crippen LogP contribution < -0.4 is 0 Å². The predicted molar refractivity (Wildman–Crippen MR) is 38.3 cm³/mol. The lowest BCUT2D eigenvalue weighted by Crippen LogP contribution is -2.38. The topological polar surface area (TPSA) is 93.1 Å². The van der Waals surface area contributed by atoms with Gasteiger partial charge in [0.25, 0.3) is 5.79 Å². The second kappa shape index (κ2) is 2.97. The molecule has 2 atom stereocenters. The molecule has 0 aromatic heterocycles. The van der Waals surface area contributed by atoms with E-state index in [0.29, 0.717) is 0 Å². The summed E-state index contributed by atoms with van der Waals surface area (Å²) in [6.07, 6.45) is -3.76. The lowest BCUT2D eigenvalue weighted by molar-refractivity contribution is -0.211. The van der Waals surface area contributed by atoms with Crippen LogP contribution in [0.1, 0.15) is 13.8 Å². The minimum atomic E-state index is -1.88.